The van der Waals surface area contributed by atoms with Crippen LogP contribution in [0, 0.1) is 0 Å². The summed E-state index contributed by atoms with van der Waals surface area (Å²) in [6.45, 7) is 0.959. The first kappa shape index (κ1) is 14.8. The van der Waals surface area contributed by atoms with Crippen LogP contribution in [0.3, 0.4) is 0 Å². The molecule has 6 heteroatoms. The topological polar surface area (TPSA) is 32.6 Å². The van der Waals surface area contributed by atoms with Crippen LogP contribution in [0.1, 0.15) is 12.1 Å². The maximum atomic E-state index is 12.0. The quantitative estimate of drug-likeness (QED) is 0.506. The third-order valence-electron chi connectivity index (χ3n) is 2.64. The largest absolute Gasteiger partial charge is 0.356 e. The van der Waals surface area contributed by atoms with Gasteiger partial charge in [-0.1, -0.05) is 11.6 Å². The van der Waals surface area contributed by atoms with Gasteiger partial charge in [0.15, 0.2) is 5.96 Å². The Kier molecular flexibility index (Phi) is 5.98. The average molecular weight is 275 g/mol. The summed E-state index contributed by atoms with van der Waals surface area (Å²) in [6.07, 6.45) is 2.35. The van der Waals surface area contributed by atoms with Crippen molar-refractivity contribution in [3.8, 4) is 0 Å². The summed E-state index contributed by atoms with van der Waals surface area (Å²) in [5.41, 5.74) is 1.09. The number of aromatic nitrogens is 1. The van der Waals surface area contributed by atoms with Crippen LogP contribution < -0.4 is 5.32 Å². The molecule has 0 aliphatic carbocycles. The number of guanidine groups is 1. The highest BCUT2D eigenvalue weighted by Gasteiger charge is 2.09. The minimum Gasteiger partial charge on any atom is -0.356 e. The van der Waals surface area contributed by atoms with Crippen LogP contribution in [0.15, 0.2) is 17.3 Å². The molecule has 1 heterocycles. The molecule has 0 atom stereocenters. The van der Waals surface area contributed by atoms with Gasteiger partial charge < -0.3 is 14.8 Å². The van der Waals surface area contributed by atoms with Crippen molar-refractivity contribution in [2.45, 2.75) is 13.0 Å². The van der Waals surface area contributed by atoms with E-state index in [-0.39, 0.29) is 6.67 Å². The normalized spacial score (nSPS) is 11.7. The van der Waals surface area contributed by atoms with Crippen LogP contribution in [-0.2, 0) is 13.6 Å². The number of halogens is 2. The summed E-state index contributed by atoms with van der Waals surface area (Å²) in [5, 5.41) is 3.83. The van der Waals surface area contributed by atoms with Crippen molar-refractivity contribution < 1.29 is 4.39 Å². The summed E-state index contributed by atoms with van der Waals surface area (Å²) in [5.74, 6) is 0.751. The molecular weight excluding hydrogens is 255 g/mol. The van der Waals surface area contributed by atoms with Gasteiger partial charge in [0.1, 0.15) is 0 Å². The minimum atomic E-state index is -0.318. The number of aliphatic imine (C=N–C) groups is 1. The van der Waals surface area contributed by atoms with Crippen molar-refractivity contribution in [2.24, 2.45) is 12.0 Å². The van der Waals surface area contributed by atoms with Gasteiger partial charge in [0.05, 0.1) is 18.2 Å². The Bertz CT molecular complexity index is 403. The number of nitrogens with zero attached hydrogens (tertiary/aromatic N) is 3. The highest BCUT2D eigenvalue weighted by Crippen LogP contribution is 2.14. The van der Waals surface area contributed by atoms with E-state index in [0.717, 1.165) is 16.7 Å². The molecule has 0 saturated heterocycles. The van der Waals surface area contributed by atoms with E-state index in [1.54, 1.807) is 7.05 Å². The molecule has 0 unspecified atom stereocenters. The number of hydrogen-bond acceptors (Lipinski definition) is 1. The van der Waals surface area contributed by atoms with Gasteiger partial charge in [-0.3, -0.25) is 9.38 Å². The second kappa shape index (κ2) is 7.26. The lowest BCUT2D eigenvalue weighted by Gasteiger charge is -2.22. The summed E-state index contributed by atoms with van der Waals surface area (Å²) >= 11 is 5.94. The molecule has 1 aromatic rings. The van der Waals surface area contributed by atoms with E-state index >= 15 is 0 Å². The molecule has 0 radical (unpaired) electrons. The molecule has 0 bridgehead atoms. The van der Waals surface area contributed by atoms with E-state index in [2.05, 4.69) is 10.3 Å². The Labute approximate surface area is 112 Å². The Morgan fingerprint density at radius 3 is 2.83 bits per heavy atom. The molecule has 1 rings (SSSR count). The van der Waals surface area contributed by atoms with E-state index in [1.165, 1.54) is 0 Å². The van der Waals surface area contributed by atoms with Gasteiger partial charge in [-0.15, -0.1) is 0 Å². The molecule has 0 aromatic carbocycles. The van der Waals surface area contributed by atoms with E-state index in [0.29, 0.717) is 19.5 Å². The molecule has 0 aliphatic heterocycles. The first-order chi connectivity index (χ1) is 8.58. The Balaban J connectivity index is 2.57. The van der Waals surface area contributed by atoms with Gasteiger partial charge in [0.25, 0.3) is 0 Å². The number of rotatable bonds is 5. The van der Waals surface area contributed by atoms with E-state index in [9.17, 15) is 4.39 Å². The molecule has 0 saturated carbocycles. The Hall–Kier alpha value is -1.23. The predicted molar refractivity (Wildman–Crippen MR) is 73.8 cm³/mol. The minimum absolute atomic E-state index is 0.318. The van der Waals surface area contributed by atoms with E-state index in [4.69, 9.17) is 11.6 Å². The fourth-order valence-electron chi connectivity index (χ4n) is 1.69. The molecule has 0 amide bonds. The average Bonchev–Trinajstić information content (AvgIpc) is 2.63. The second-order valence-electron chi connectivity index (χ2n) is 4.13. The third-order valence-corrected chi connectivity index (χ3v) is 2.85. The van der Waals surface area contributed by atoms with Gasteiger partial charge in [-0.05, 0) is 12.5 Å². The zero-order valence-electron chi connectivity index (χ0n) is 11.1. The first-order valence-electron chi connectivity index (χ1n) is 5.87. The number of nitrogens with one attached hydrogen (secondary N) is 1. The van der Waals surface area contributed by atoms with Crippen LogP contribution in [0.4, 0.5) is 4.39 Å². The van der Waals surface area contributed by atoms with Crippen molar-refractivity contribution in [2.75, 3.05) is 27.3 Å². The molecular formula is C12H20ClFN4. The molecule has 0 spiro atoms. The van der Waals surface area contributed by atoms with Gasteiger partial charge in [-0.2, -0.15) is 0 Å². The van der Waals surface area contributed by atoms with Crippen LogP contribution in [-0.4, -0.2) is 42.7 Å². The molecule has 0 fully saturated rings. The summed E-state index contributed by atoms with van der Waals surface area (Å²) in [6, 6.07) is 1.92. The lowest BCUT2D eigenvalue weighted by atomic mass is 10.4. The zero-order chi connectivity index (χ0) is 13.5. The monoisotopic (exact) mass is 274 g/mol. The highest BCUT2D eigenvalue weighted by molar-refractivity contribution is 6.30. The molecule has 4 nitrogen and oxygen atoms in total. The van der Waals surface area contributed by atoms with Crippen molar-refractivity contribution in [1.82, 2.24) is 14.8 Å². The van der Waals surface area contributed by atoms with Crippen molar-refractivity contribution in [3.63, 3.8) is 0 Å². The Morgan fingerprint density at radius 2 is 2.33 bits per heavy atom. The smallest absolute Gasteiger partial charge is 0.193 e. The van der Waals surface area contributed by atoms with Crippen molar-refractivity contribution in [1.29, 1.82) is 0 Å². The highest BCUT2D eigenvalue weighted by atomic mass is 35.5. The van der Waals surface area contributed by atoms with E-state index < -0.39 is 0 Å². The Morgan fingerprint density at radius 1 is 1.61 bits per heavy atom. The zero-order valence-corrected chi connectivity index (χ0v) is 11.8. The van der Waals surface area contributed by atoms with Crippen molar-refractivity contribution >= 4 is 17.6 Å². The van der Waals surface area contributed by atoms with Gasteiger partial charge in [0, 0.05) is 39.6 Å². The predicted octanol–water partition coefficient (Wildman–Crippen LogP) is 2.05. The van der Waals surface area contributed by atoms with Crippen LogP contribution in [0.5, 0.6) is 0 Å². The molecule has 102 valence electrons. The maximum Gasteiger partial charge on any atom is 0.193 e. The summed E-state index contributed by atoms with van der Waals surface area (Å²) < 4.78 is 14.0. The lowest BCUT2D eigenvalue weighted by molar-refractivity contribution is 0.444. The maximum absolute atomic E-state index is 12.0. The van der Waals surface area contributed by atoms with E-state index in [1.807, 2.05) is 35.8 Å². The molecule has 1 N–H and O–H groups in total. The molecule has 18 heavy (non-hydrogen) atoms. The van der Waals surface area contributed by atoms with Gasteiger partial charge in [-0.25, -0.2) is 0 Å². The molecule has 1 aromatic heterocycles. The molecule has 0 aliphatic rings. The summed E-state index contributed by atoms with van der Waals surface area (Å²) in [4.78, 5) is 6.14. The number of hydrogen-bond donors (Lipinski definition) is 1. The standard InChI is InChI=1S/C12H20ClFN4/c1-15-12(16-6-4-5-14)18(3)9-11-7-10(13)8-17(11)2/h7-8H,4-6,9H2,1-3H3,(H,15,16). The summed E-state index contributed by atoms with van der Waals surface area (Å²) in [7, 11) is 5.60. The van der Waals surface area contributed by atoms with Gasteiger partial charge >= 0.3 is 0 Å². The van der Waals surface area contributed by atoms with Crippen LogP contribution >= 0.6 is 11.6 Å². The number of aryl methyl sites for hydroxylation is 1. The first-order valence-corrected chi connectivity index (χ1v) is 6.24. The van der Waals surface area contributed by atoms with Gasteiger partial charge in [0.2, 0.25) is 0 Å². The third kappa shape index (κ3) is 4.22. The van der Waals surface area contributed by atoms with Crippen LogP contribution in [0.25, 0.3) is 0 Å². The second-order valence-corrected chi connectivity index (χ2v) is 4.57. The lowest BCUT2D eigenvalue weighted by Crippen LogP contribution is -2.39. The fourth-order valence-corrected chi connectivity index (χ4v) is 1.97. The SMILES string of the molecule is CN=C(NCCCF)N(C)Cc1cc(Cl)cn1C. The van der Waals surface area contributed by atoms with Crippen LogP contribution in [0.2, 0.25) is 5.02 Å². The van der Waals surface area contributed by atoms with Crippen molar-refractivity contribution in [3.05, 3.63) is 23.0 Å². The fraction of sp³-hybridized carbons (Fsp3) is 0.583. The number of alkyl halides is 1.